The molecule has 0 fully saturated rings. The first-order valence-corrected chi connectivity index (χ1v) is 3.65. The number of aromatic carboxylic acids is 1. The average molecular weight is 183 g/mol. The number of nitrogens with zero attached hydrogens (tertiary/aromatic N) is 2. The second-order valence-electron chi connectivity index (χ2n) is 2.22. The summed E-state index contributed by atoms with van der Waals surface area (Å²) in [5.41, 5.74) is 0. The lowest BCUT2D eigenvalue weighted by atomic mass is 10.5. The minimum absolute atomic E-state index is 0.0353. The molecule has 3 N–H and O–H groups in total. The lowest BCUT2D eigenvalue weighted by Crippen LogP contribution is -2.10. The van der Waals surface area contributed by atoms with Crippen LogP contribution in [0.5, 0.6) is 0 Å². The van der Waals surface area contributed by atoms with E-state index in [1.165, 1.54) is 12.3 Å². The van der Waals surface area contributed by atoms with Crippen molar-refractivity contribution < 1.29 is 15.0 Å². The van der Waals surface area contributed by atoms with E-state index in [1.807, 2.05) is 0 Å². The Labute approximate surface area is 74.3 Å². The second kappa shape index (κ2) is 4.36. The molecule has 0 amide bonds. The van der Waals surface area contributed by atoms with Crippen LogP contribution in [0.3, 0.4) is 0 Å². The third-order valence-corrected chi connectivity index (χ3v) is 1.26. The molecular weight excluding hydrogens is 174 g/mol. The third kappa shape index (κ3) is 2.68. The molecule has 0 saturated heterocycles. The molecule has 70 valence electrons. The van der Waals surface area contributed by atoms with E-state index >= 15 is 0 Å². The molecule has 0 radical (unpaired) electrons. The lowest BCUT2D eigenvalue weighted by Gasteiger charge is -2.02. The first-order valence-electron chi connectivity index (χ1n) is 3.65. The van der Waals surface area contributed by atoms with E-state index in [4.69, 9.17) is 10.2 Å². The fourth-order valence-corrected chi connectivity index (χ4v) is 0.744. The van der Waals surface area contributed by atoms with Crippen molar-refractivity contribution >= 4 is 11.8 Å². The number of aromatic nitrogens is 2. The predicted octanol–water partition coefficient (Wildman–Crippen LogP) is -0.421. The Kier molecular flexibility index (Phi) is 3.15. The van der Waals surface area contributed by atoms with Gasteiger partial charge in [-0.1, -0.05) is 0 Å². The largest absolute Gasteiger partial charge is 0.475 e. The highest BCUT2D eigenvalue weighted by atomic mass is 16.4. The molecule has 0 saturated carbocycles. The summed E-state index contributed by atoms with van der Waals surface area (Å²) in [4.78, 5) is 17.6. The molecule has 0 atom stereocenters. The number of aliphatic hydroxyl groups is 1. The molecular formula is C7H9N3O3. The van der Waals surface area contributed by atoms with Gasteiger partial charge in [-0.15, -0.1) is 0 Å². The van der Waals surface area contributed by atoms with Crippen molar-refractivity contribution in [3.05, 3.63) is 18.1 Å². The summed E-state index contributed by atoms with van der Waals surface area (Å²) in [7, 11) is 0. The second-order valence-corrected chi connectivity index (χ2v) is 2.22. The van der Waals surface area contributed by atoms with Crippen LogP contribution in [0.1, 0.15) is 10.6 Å². The number of anilines is 1. The molecule has 1 heterocycles. The van der Waals surface area contributed by atoms with Crippen molar-refractivity contribution in [3.63, 3.8) is 0 Å². The number of hydrogen-bond donors (Lipinski definition) is 3. The maximum atomic E-state index is 10.4. The summed E-state index contributed by atoms with van der Waals surface area (Å²) in [5, 5.41) is 19.7. The van der Waals surface area contributed by atoms with Crippen molar-refractivity contribution in [3.8, 4) is 0 Å². The minimum Gasteiger partial charge on any atom is -0.475 e. The first-order chi connectivity index (χ1) is 6.24. The molecule has 0 aliphatic heterocycles. The molecule has 1 aromatic heterocycles. The van der Waals surface area contributed by atoms with Crippen molar-refractivity contribution in [2.45, 2.75) is 0 Å². The molecule has 0 unspecified atom stereocenters. The molecule has 1 aromatic rings. The predicted molar refractivity (Wildman–Crippen MR) is 44.6 cm³/mol. The number of rotatable bonds is 4. The highest BCUT2D eigenvalue weighted by molar-refractivity contribution is 5.83. The van der Waals surface area contributed by atoms with Crippen LogP contribution in [0.15, 0.2) is 12.3 Å². The molecule has 13 heavy (non-hydrogen) atoms. The average Bonchev–Trinajstić information content (AvgIpc) is 2.15. The van der Waals surface area contributed by atoms with Gasteiger partial charge in [-0.05, 0) is 6.07 Å². The highest BCUT2D eigenvalue weighted by Crippen LogP contribution is 2.00. The molecule has 6 nitrogen and oxygen atoms in total. The molecule has 0 aliphatic carbocycles. The fraction of sp³-hybridized carbons (Fsp3) is 0.286. The Hall–Kier alpha value is -1.69. The monoisotopic (exact) mass is 183 g/mol. The van der Waals surface area contributed by atoms with E-state index in [0.717, 1.165) is 0 Å². The third-order valence-electron chi connectivity index (χ3n) is 1.26. The molecule has 0 aliphatic rings. The van der Waals surface area contributed by atoms with Crippen LogP contribution < -0.4 is 5.32 Å². The van der Waals surface area contributed by atoms with Crippen LogP contribution in [-0.4, -0.2) is 39.3 Å². The molecule has 0 spiro atoms. The van der Waals surface area contributed by atoms with Gasteiger partial charge in [0.1, 0.15) is 5.82 Å². The zero-order valence-corrected chi connectivity index (χ0v) is 6.77. The van der Waals surface area contributed by atoms with E-state index in [2.05, 4.69) is 15.3 Å². The lowest BCUT2D eigenvalue weighted by molar-refractivity contribution is 0.0683. The van der Waals surface area contributed by atoms with Crippen LogP contribution in [0.2, 0.25) is 0 Å². The van der Waals surface area contributed by atoms with E-state index in [-0.39, 0.29) is 12.4 Å². The topological polar surface area (TPSA) is 95.3 Å². The van der Waals surface area contributed by atoms with E-state index < -0.39 is 5.97 Å². The standard InChI is InChI=1S/C7H9N3O3/c11-4-3-8-5-1-2-9-6(10-5)7(12)13/h1-2,11H,3-4H2,(H,12,13)(H,8,9,10). The van der Waals surface area contributed by atoms with Crippen LogP contribution in [0.25, 0.3) is 0 Å². The summed E-state index contributed by atoms with van der Waals surface area (Å²) in [6.07, 6.45) is 1.34. The van der Waals surface area contributed by atoms with E-state index in [1.54, 1.807) is 0 Å². The quantitative estimate of drug-likeness (QED) is 0.586. The summed E-state index contributed by atoms with van der Waals surface area (Å²) in [5.74, 6) is -1.04. The number of aliphatic hydroxyl groups excluding tert-OH is 1. The van der Waals surface area contributed by atoms with Crippen LogP contribution >= 0.6 is 0 Å². The Morgan fingerprint density at radius 2 is 2.38 bits per heavy atom. The number of carbonyl (C=O) groups is 1. The van der Waals surface area contributed by atoms with Gasteiger partial charge in [-0.25, -0.2) is 14.8 Å². The summed E-state index contributed by atoms with van der Waals surface area (Å²) >= 11 is 0. The number of hydrogen-bond acceptors (Lipinski definition) is 5. The number of carboxylic acids is 1. The summed E-state index contributed by atoms with van der Waals surface area (Å²) < 4.78 is 0. The smallest absolute Gasteiger partial charge is 0.374 e. The maximum absolute atomic E-state index is 10.4. The molecule has 0 aromatic carbocycles. The fourth-order valence-electron chi connectivity index (χ4n) is 0.744. The van der Waals surface area contributed by atoms with Crippen molar-refractivity contribution in [1.82, 2.24) is 9.97 Å². The van der Waals surface area contributed by atoms with Gasteiger partial charge in [0.2, 0.25) is 5.82 Å². The van der Waals surface area contributed by atoms with Gasteiger partial charge in [-0.3, -0.25) is 0 Å². The van der Waals surface area contributed by atoms with Crippen molar-refractivity contribution in [2.24, 2.45) is 0 Å². The van der Waals surface area contributed by atoms with Crippen molar-refractivity contribution in [2.75, 3.05) is 18.5 Å². The van der Waals surface area contributed by atoms with Crippen LogP contribution in [0, 0.1) is 0 Å². The van der Waals surface area contributed by atoms with E-state index in [0.29, 0.717) is 12.4 Å². The molecule has 6 heteroatoms. The SMILES string of the molecule is O=C(O)c1nccc(NCCO)n1. The van der Waals surface area contributed by atoms with Gasteiger partial charge >= 0.3 is 5.97 Å². The Balaban J connectivity index is 2.73. The number of nitrogens with one attached hydrogen (secondary N) is 1. The zero-order chi connectivity index (χ0) is 9.68. The first kappa shape index (κ1) is 9.40. The molecule has 0 bridgehead atoms. The van der Waals surface area contributed by atoms with Gasteiger partial charge in [0.15, 0.2) is 0 Å². The van der Waals surface area contributed by atoms with Gasteiger partial charge < -0.3 is 15.5 Å². The summed E-state index contributed by atoms with van der Waals surface area (Å²) in [6, 6.07) is 1.53. The normalized spacial score (nSPS) is 9.62. The Bertz CT molecular complexity index is 303. The van der Waals surface area contributed by atoms with E-state index in [9.17, 15) is 4.79 Å². The number of carboxylic acid groups (broad SMARTS) is 1. The van der Waals surface area contributed by atoms with Gasteiger partial charge in [0.25, 0.3) is 0 Å². The Morgan fingerprint density at radius 1 is 1.62 bits per heavy atom. The minimum atomic E-state index is -1.17. The van der Waals surface area contributed by atoms with Gasteiger partial charge in [0, 0.05) is 12.7 Å². The highest BCUT2D eigenvalue weighted by Gasteiger charge is 2.05. The maximum Gasteiger partial charge on any atom is 0.374 e. The van der Waals surface area contributed by atoms with Crippen LogP contribution in [-0.2, 0) is 0 Å². The Morgan fingerprint density at radius 3 is 3.00 bits per heavy atom. The van der Waals surface area contributed by atoms with Crippen LogP contribution in [0.4, 0.5) is 5.82 Å². The van der Waals surface area contributed by atoms with Gasteiger partial charge in [0.05, 0.1) is 6.61 Å². The van der Waals surface area contributed by atoms with Gasteiger partial charge in [-0.2, -0.15) is 0 Å². The molecule has 1 rings (SSSR count). The van der Waals surface area contributed by atoms with Crippen molar-refractivity contribution in [1.29, 1.82) is 0 Å². The summed E-state index contributed by atoms with van der Waals surface area (Å²) in [6.45, 7) is 0.294. The zero-order valence-electron chi connectivity index (χ0n) is 6.77.